The molecule has 0 spiro atoms. The van der Waals surface area contributed by atoms with E-state index in [2.05, 4.69) is 17.6 Å². The highest BCUT2D eigenvalue weighted by molar-refractivity contribution is 6.21. The zero-order chi connectivity index (χ0) is 8.72. The van der Waals surface area contributed by atoms with Crippen molar-refractivity contribution in [1.82, 2.24) is 10.6 Å². The molecular weight excluding hydrogens is 195 g/mol. The lowest BCUT2D eigenvalue weighted by Gasteiger charge is -2.32. The number of alkyl halides is 2. The quantitative estimate of drug-likeness (QED) is 0.466. The van der Waals surface area contributed by atoms with Crippen LogP contribution in [0.2, 0.25) is 0 Å². The zero-order valence-electron chi connectivity index (χ0n) is 7.06. The summed E-state index contributed by atoms with van der Waals surface area (Å²) in [5.74, 6) is 0.601. The predicted octanol–water partition coefficient (Wildman–Crippen LogP) is 1.48. The Morgan fingerprint density at radius 3 is 2.33 bits per heavy atom. The molecule has 0 aromatic carbocycles. The van der Waals surface area contributed by atoms with Crippen molar-refractivity contribution in [2.75, 3.05) is 0 Å². The molecule has 0 bridgehead atoms. The summed E-state index contributed by atoms with van der Waals surface area (Å²) < 4.78 is 0. The van der Waals surface area contributed by atoms with Crippen LogP contribution in [0.15, 0.2) is 0 Å². The number of hydrogen-bond donors (Lipinski definition) is 2. The third kappa shape index (κ3) is 1.58. The average molecular weight is 209 g/mol. The van der Waals surface area contributed by atoms with Gasteiger partial charge >= 0.3 is 0 Å². The van der Waals surface area contributed by atoms with Crippen LogP contribution in [-0.2, 0) is 0 Å². The van der Waals surface area contributed by atoms with Gasteiger partial charge in [0, 0.05) is 17.5 Å². The first-order valence-electron chi connectivity index (χ1n) is 4.47. The standard InChI is InChI=1S/C8H14Cl2N2/c1-4-2-6-7(3-5(4)9)12-8(10)11-6/h4-8,11-12H,2-3H2,1H3. The summed E-state index contributed by atoms with van der Waals surface area (Å²) in [5, 5.41) is 6.89. The fourth-order valence-electron chi connectivity index (χ4n) is 2.14. The third-order valence-electron chi connectivity index (χ3n) is 2.93. The average Bonchev–Trinajstić information content (AvgIpc) is 2.30. The Morgan fingerprint density at radius 1 is 1.08 bits per heavy atom. The zero-order valence-corrected chi connectivity index (χ0v) is 8.57. The minimum Gasteiger partial charge on any atom is -0.285 e. The van der Waals surface area contributed by atoms with E-state index in [1.165, 1.54) is 0 Å². The Hall–Kier alpha value is 0.500. The molecule has 1 saturated carbocycles. The second-order valence-electron chi connectivity index (χ2n) is 3.87. The fourth-order valence-corrected chi connectivity index (χ4v) is 2.76. The smallest absolute Gasteiger partial charge is 0.135 e. The van der Waals surface area contributed by atoms with Crippen molar-refractivity contribution in [2.24, 2.45) is 5.92 Å². The Labute approximate surface area is 83.0 Å². The van der Waals surface area contributed by atoms with Crippen molar-refractivity contribution < 1.29 is 0 Å². The molecule has 2 N–H and O–H groups in total. The molecule has 1 saturated heterocycles. The third-order valence-corrected chi connectivity index (χ3v) is 3.79. The van der Waals surface area contributed by atoms with Crippen molar-refractivity contribution in [3.63, 3.8) is 0 Å². The molecular formula is C8H14Cl2N2. The van der Waals surface area contributed by atoms with E-state index in [4.69, 9.17) is 23.2 Å². The van der Waals surface area contributed by atoms with Gasteiger partial charge in [-0.2, -0.15) is 0 Å². The van der Waals surface area contributed by atoms with E-state index < -0.39 is 0 Å². The molecule has 0 amide bonds. The van der Waals surface area contributed by atoms with Crippen LogP contribution < -0.4 is 10.6 Å². The lowest BCUT2D eigenvalue weighted by Crippen LogP contribution is -2.43. The second kappa shape index (κ2) is 3.33. The summed E-state index contributed by atoms with van der Waals surface area (Å²) in [6.07, 6.45) is 2.17. The molecule has 1 aliphatic heterocycles. The van der Waals surface area contributed by atoms with E-state index in [9.17, 15) is 0 Å². The summed E-state index contributed by atoms with van der Waals surface area (Å²) in [5.41, 5.74) is -0.0610. The minimum atomic E-state index is -0.0610. The van der Waals surface area contributed by atoms with Crippen LogP contribution in [0.4, 0.5) is 0 Å². The molecule has 0 radical (unpaired) electrons. The van der Waals surface area contributed by atoms with Crippen LogP contribution in [-0.4, -0.2) is 23.1 Å². The second-order valence-corrected chi connectivity index (χ2v) is 4.87. The minimum absolute atomic E-state index is 0.0610. The molecule has 5 atom stereocenters. The molecule has 2 fully saturated rings. The number of halogens is 2. The van der Waals surface area contributed by atoms with Crippen LogP contribution in [0, 0.1) is 5.92 Å². The van der Waals surface area contributed by atoms with Crippen molar-refractivity contribution in [1.29, 1.82) is 0 Å². The first-order valence-corrected chi connectivity index (χ1v) is 5.34. The van der Waals surface area contributed by atoms with E-state index in [0.717, 1.165) is 12.8 Å². The van der Waals surface area contributed by atoms with Gasteiger partial charge in [0.05, 0.1) is 0 Å². The SMILES string of the molecule is CC1CC2NC(Cl)NC2CC1Cl. The summed E-state index contributed by atoms with van der Waals surface area (Å²) in [6, 6.07) is 1.00. The Bertz CT molecular complexity index is 158. The van der Waals surface area contributed by atoms with Crippen molar-refractivity contribution in [3.8, 4) is 0 Å². The summed E-state index contributed by atoms with van der Waals surface area (Å²) >= 11 is 12.1. The van der Waals surface area contributed by atoms with Crippen molar-refractivity contribution in [2.45, 2.75) is 42.9 Å². The molecule has 0 aromatic heterocycles. The van der Waals surface area contributed by atoms with E-state index in [-0.39, 0.29) is 5.62 Å². The molecule has 0 aromatic rings. The van der Waals surface area contributed by atoms with Gasteiger partial charge in [0.1, 0.15) is 5.62 Å². The molecule has 4 heteroatoms. The maximum atomic E-state index is 6.17. The predicted molar refractivity (Wildman–Crippen MR) is 51.5 cm³/mol. The van der Waals surface area contributed by atoms with Gasteiger partial charge in [0.15, 0.2) is 0 Å². The maximum absolute atomic E-state index is 6.17. The normalized spacial score (nSPS) is 53.8. The van der Waals surface area contributed by atoms with Crippen LogP contribution in [0.25, 0.3) is 0 Å². The van der Waals surface area contributed by atoms with Crippen LogP contribution in [0.5, 0.6) is 0 Å². The van der Waals surface area contributed by atoms with Gasteiger partial charge in [-0.1, -0.05) is 18.5 Å². The van der Waals surface area contributed by atoms with Crippen LogP contribution in [0.1, 0.15) is 19.8 Å². The topological polar surface area (TPSA) is 24.1 Å². The lowest BCUT2D eigenvalue weighted by molar-refractivity contribution is 0.305. The number of fused-ring (bicyclic) bond motifs is 1. The largest absolute Gasteiger partial charge is 0.285 e. The lowest BCUT2D eigenvalue weighted by atomic mass is 9.84. The number of hydrogen-bond acceptors (Lipinski definition) is 2. The van der Waals surface area contributed by atoms with Gasteiger partial charge in [-0.15, -0.1) is 11.6 Å². The highest BCUT2D eigenvalue weighted by Gasteiger charge is 2.39. The highest BCUT2D eigenvalue weighted by Crippen LogP contribution is 2.31. The van der Waals surface area contributed by atoms with Crippen LogP contribution in [0.3, 0.4) is 0 Å². The van der Waals surface area contributed by atoms with Crippen molar-refractivity contribution >= 4 is 23.2 Å². The summed E-state index contributed by atoms with van der Waals surface area (Å²) in [4.78, 5) is 0. The van der Waals surface area contributed by atoms with E-state index in [0.29, 0.717) is 23.4 Å². The van der Waals surface area contributed by atoms with E-state index >= 15 is 0 Å². The van der Waals surface area contributed by atoms with Gasteiger partial charge in [-0.3, -0.25) is 10.6 Å². The van der Waals surface area contributed by atoms with Crippen molar-refractivity contribution in [3.05, 3.63) is 0 Å². The van der Waals surface area contributed by atoms with E-state index in [1.807, 2.05) is 0 Å². The van der Waals surface area contributed by atoms with Gasteiger partial charge in [-0.25, -0.2) is 0 Å². The van der Waals surface area contributed by atoms with Gasteiger partial charge in [0.25, 0.3) is 0 Å². The maximum Gasteiger partial charge on any atom is 0.135 e. The molecule has 2 rings (SSSR count). The van der Waals surface area contributed by atoms with Gasteiger partial charge < -0.3 is 0 Å². The Morgan fingerprint density at radius 2 is 1.67 bits per heavy atom. The van der Waals surface area contributed by atoms with Gasteiger partial charge in [-0.05, 0) is 18.8 Å². The first kappa shape index (κ1) is 9.07. The Kier molecular flexibility index (Phi) is 2.52. The molecule has 1 aliphatic carbocycles. The summed E-state index contributed by atoms with van der Waals surface area (Å²) in [7, 11) is 0. The number of nitrogens with one attached hydrogen (secondary N) is 2. The molecule has 2 aliphatic rings. The number of rotatable bonds is 0. The molecule has 12 heavy (non-hydrogen) atoms. The molecule has 70 valence electrons. The molecule has 2 nitrogen and oxygen atoms in total. The van der Waals surface area contributed by atoms with Crippen LogP contribution >= 0.6 is 23.2 Å². The Balaban J connectivity index is 2.01. The fraction of sp³-hybridized carbons (Fsp3) is 1.00. The monoisotopic (exact) mass is 208 g/mol. The molecule has 1 heterocycles. The summed E-state index contributed by atoms with van der Waals surface area (Å²) in [6.45, 7) is 2.21. The van der Waals surface area contributed by atoms with Gasteiger partial charge in [0.2, 0.25) is 0 Å². The van der Waals surface area contributed by atoms with E-state index in [1.54, 1.807) is 0 Å². The highest BCUT2D eigenvalue weighted by atomic mass is 35.5. The molecule has 5 unspecified atom stereocenters. The first-order chi connectivity index (χ1) is 5.66.